The average Bonchev–Trinajstić information content (AvgIpc) is 2.83. The van der Waals surface area contributed by atoms with E-state index in [9.17, 15) is 18.0 Å². The van der Waals surface area contributed by atoms with Crippen molar-refractivity contribution in [2.45, 2.75) is 18.5 Å². The number of fused-ring (bicyclic) bond motifs is 1. The molecular weight excluding hydrogens is 355 g/mol. The van der Waals surface area contributed by atoms with Crippen molar-refractivity contribution in [2.24, 2.45) is 0 Å². The molecule has 0 spiro atoms. The van der Waals surface area contributed by atoms with Crippen molar-refractivity contribution in [3.8, 4) is 11.8 Å². The molecular formula is C11H13N4NaO7S. The molecule has 13 heteroatoms. The van der Waals surface area contributed by atoms with Crippen LogP contribution in [-0.4, -0.2) is 104 Å². The number of likely N-dealkylation sites (tertiary alicyclic amines) is 1. The Labute approximate surface area is 158 Å². The molecule has 2 aliphatic heterocycles. The Hall–Kier alpha value is -1.47. The number of ether oxygens (including phenoxy) is 1. The fraction of sp³-hybridized carbons (Fsp3) is 0.455. The van der Waals surface area contributed by atoms with E-state index in [1.807, 2.05) is 0 Å². The SMILES string of the molecule is O=C(COc1ccc(O)nn1)N1CC[C@@H]2[C@H]1C(=O)N2S(=O)(=O)O.[NaH]. The molecule has 11 nitrogen and oxygen atoms in total. The third kappa shape index (κ3) is 3.32. The Kier molecular flexibility index (Phi) is 5.34. The van der Waals surface area contributed by atoms with E-state index in [1.165, 1.54) is 17.0 Å². The van der Waals surface area contributed by atoms with Gasteiger partial charge in [0.15, 0.2) is 6.61 Å². The van der Waals surface area contributed by atoms with Crippen molar-refractivity contribution >= 4 is 51.7 Å². The fourth-order valence-corrected chi connectivity index (χ4v) is 3.60. The summed E-state index contributed by atoms with van der Waals surface area (Å²) in [4.78, 5) is 25.1. The van der Waals surface area contributed by atoms with Gasteiger partial charge in [0.2, 0.25) is 11.8 Å². The summed E-state index contributed by atoms with van der Waals surface area (Å²) in [5, 5.41) is 15.8. The molecule has 2 amide bonds. The Morgan fingerprint density at radius 3 is 2.67 bits per heavy atom. The van der Waals surface area contributed by atoms with Crippen LogP contribution in [0.2, 0.25) is 0 Å². The van der Waals surface area contributed by atoms with Crippen LogP contribution in [0.5, 0.6) is 11.8 Å². The molecule has 3 rings (SSSR count). The van der Waals surface area contributed by atoms with Gasteiger partial charge in [0.25, 0.3) is 11.8 Å². The second-order valence-electron chi connectivity index (χ2n) is 5.02. The number of rotatable bonds is 4. The molecule has 1 aromatic rings. The van der Waals surface area contributed by atoms with E-state index in [0.717, 1.165) is 0 Å². The standard InChI is InChI=1S/C11H12N4O7S.Na.H/c16-7-1-2-8(13-12-7)22-5-9(17)14-4-3-6-10(14)11(18)15(6)23(19,20)21;;/h1-2,6,10H,3-5H2,(H,12,16)(H,19,20,21);;/t6-,10+;;/m1../s1. The zero-order chi connectivity index (χ0) is 16.8. The average molecular weight is 368 g/mol. The quantitative estimate of drug-likeness (QED) is 0.335. The molecule has 2 aliphatic rings. The van der Waals surface area contributed by atoms with E-state index in [1.54, 1.807) is 0 Å². The van der Waals surface area contributed by atoms with E-state index in [0.29, 0.717) is 4.31 Å². The number of hydrogen-bond donors (Lipinski definition) is 2. The molecule has 0 unspecified atom stereocenters. The Morgan fingerprint density at radius 1 is 1.38 bits per heavy atom. The van der Waals surface area contributed by atoms with Gasteiger partial charge in [-0.05, 0) is 6.42 Å². The van der Waals surface area contributed by atoms with Crippen molar-refractivity contribution < 1.29 is 32.4 Å². The van der Waals surface area contributed by atoms with Crippen LogP contribution in [0.25, 0.3) is 0 Å². The van der Waals surface area contributed by atoms with Gasteiger partial charge in [0, 0.05) is 18.7 Å². The van der Waals surface area contributed by atoms with Gasteiger partial charge in [-0.2, -0.15) is 8.42 Å². The molecule has 2 N–H and O–H groups in total. The Morgan fingerprint density at radius 2 is 2.08 bits per heavy atom. The molecule has 1 aromatic heterocycles. The number of hydrogen-bond acceptors (Lipinski definition) is 8. The molecule has 126 valence electrons. The number of carbonyl (C=O) groups is 2. The molecule has 0 aromatic carbocycles. The van der Waals surface area contributed by atoms with Crippen molar-refractivity contribution in [3.63, 3.8) is 0 Å². The van der Waals surface area contributed by atoms with Gasteiger partial charge in [-0.15, -0.1) is 10.2 Å². The van der Waals surface area contributed by atoms with E-state index >= 15 is 0 Å². The van der Waals surface area contributed by atoms with Crippen LogP contribution in [0.1, 0.15) is 6.42 Å². The number of carbonyl (C=O) groups excluding carboxylic acids is 2. The van der Waals surface area contributed by atoms with Gasteiger partial charge in [0.1, 0.15) is 6.04 Å². The first-order chi connectivity index (χ1) is 10.8. The third-order valence-electron chi connectivity index (χ3n) is 3.68. The first-order valence-electron chi connectivity index (χ1n) is 6.54. The predicted octanol–water partition coefficient (Wildman–Crippen LogP) is -2.47. The first-order valence-corrected chi connectivity index (χ1v) is 7.94. The van der Waals surface area contributed by atoms with Crippen molar-refractivity contribution in [3.05, 3.63) is 12.1 Å². The maximum absolute atomic E-state index is 12.1. The number of aromatic nitrogens is 2. The molecule has 2 atom stereocenters. The summed E-state index contributed by atoms with van der Waals surface area (Å²) in [6.45, 7) is -0.238. The molecule has 2 fully saturated rings. The molecule has 3 heterocycles. The monoisotopic (exact) mass is 368 g/mol. The predicted molar refractivity (Wildman–Crippen MR) is 78.6 cm³/mol. The summed E-state index contributed by atoms with van der Waals surface area (Å²) in [7, 11) is -4.61. The summed E-state index contributed by atoms with van der Waals surface area (Å²) in [5.41, 5.74) is 0. The van der Waals surface area contributed by atoms with E-state index in [2.05, 4.69) is 10.2 Å². The summed E-state index contributed by atoms with van der Waals surface area (Å²) in [5.74, 6) is -1.63. The van der Waals surface area contributed by atoms with Crippen LogP contribution in [-0.2, 0) is 19.9 Å². The minimum atomic E-state index is -4.61. The van der Waals surface area contributed by atoms with Crippen LogP contribution in [0.15, 0.2) is 12.1 Å². The topological polar surface area (TPSA) is 150 Å². The van der Waals surface area contributed by atoms with Crippen LogP contribution in [0.4, 0.5) is 0 Å². The Bertz CT molecular complexity index is 756. The molecule has 0 saturated carbocycles. The number of amides is 2. The van der Waals surface area contributed by atoms with Crippen molar-refractivity contribution in [1.82, 2.24) is 19.4 Å². The van der Waals surface area contributed by atoms with Gasteiger partial charge < -0.3 is 14.7 Å². The minimum absolute atomic E-state index is 0. The van der Waals surface area contributed by atoms with Gasteiger partial charge in [-0.3, -0.25) is 14.1 Å². The molecule has 0 bridgehead atoms. The number of β-lactam (4-membered cyclic amide) rings is 1. The molecule has 24 heavy (non-hydrogen) atoms. The van der Waals surface area contributed by atoms with E-state index < -0.39 is 40.8 Å². The van der Waals surface area contributed by atoms with Gasteiger partial charge in [-0.25, -0.2) is 4.31 Å². The van der Waals surface area contributed by atoms with Gasteiger partial charge in [-0.1, -0.05) is 0 Å². The second-order valence-corrected chi connectivity index (χ2v) is 6.31. The first kappa shape index (κ1) is 18.9. The maximum atomic E-state index is 12.1. The number of nitrogens with zero attached hydrogens (tertiary/aromatic N) is 4. The van der Waals surface area contributed by atoms with Crippen LogP contribution in [0.3, 0.4) is 0 Å². The van der Waals surface area contributed by atoms with Crippen LogP contribution in [0, 0.1) is 0 Å². The molecule has 0 radical (unpaired) electrons. The zero-order valence-corrected chi connectivity index (χ0v) is 12.4. The Balaban J connectivity index is 0.00000208. The molecule has 0 aliphatic carbocycles. The van der Waals surface area contributed by atoms with Crippen molar-refractivity contribution in [1.29, 1.82) is 0 Å². The zero-order valence-electron chi connectivity index (χ0n) is 11.6. The number of aromatic hydroxyl groups is 1. The van der Waals surface area contributed by atoms with Crippen LogP contribution < -0.4 is 4.74 Å². The van der Waals surface area contributed by atoms with Crippen molar-refractivity contribution in [2.75, 3.05) is 13.2 Å². The second kappa shape index (κ2) is 6.80. The van der Waals surface area contributed by atoms with Gasteiger partial charge in [0.05, 0.1) is 6.04 Å². The fourth-order valence-electron chi connectivity index (χ4n) is 2.70. The summed E-state index contributed by atoms with van der Waals surface area (Å²) in [6.07, 6.45) is 0.251. The van der Waals surface area contributed by atoms with E-state index in [-0.39, 0.29) is 54.3 Å². The molecule has 2 saturated heterocycles. The normalized spacial score (nSPS) is 22.5. The summed E-state index contributed by atoms with van der Waals surface area (Å²) < 4.78 is 36.6. The van der Waals surface area contributed by atoms with Gasteiger partial charge >= 0.3 is 39.9 Å². The van der Waals surface area contributed by atoms with Crippen LogP contribution >= 0.6 is 0 Å². The summed E-state index contributed by atoms with van der Waals surface area (Å²) >= 11 is 0. The third-order valence-corrected chi connectivity index (χ3v) is 4.62. The van der Waals surface area contributed by atoms with E-state index in [4.69, 9.17) is 14.4 Å². The summed E-state index contributed by atoms with van der Waals surface area (Å²) in [6, 6.07) is 0.906.